The Morgan fingerprint density at radius 2 is 1.84 bits per heavy atom. The van der Waals surface area contributed by atoms with E-state index < -0.39 is 6.10 Å². The lowest BCUT2D eigenvalue weighted by Crippen LogP contribution is -2.39. The number of hydrogen-bond donors (Lipinski definition) is 4. The molecule has 4 N–H and O–H groups in total. The minimum Gasteiger partial charge on any atom is -0.491 e. The molecular formula is C22H33IN4O3S. The predicted octanol–water partition coefficient (Wildman–Crippen LogP) is 3.56. The third kappa shape index (κ3) is 10.3. The number of aliphatic imine (C=N–C) groups is 1. The highest BCUT2D eigenvalue weighted by atomic mass is 127. The maximum atomic E-state index is 11.9. The van der Waals surface area contributed by atoms with Gasteiger partial charge in [0, 0.05) is 19.6 Å². The van der Waals surface area contributed by atoms with Crippen LogP contribution in [0, 0.1) is 0 Å². The molecule has 0 aliphatic carbocycles. The van der Waals surface area contributed by atoms with Gasteiger partial charge < -0.3 is 25.8 Å². The Morgan fingerprint density at radius 1 is 1.13 bits per heavy atom. The Bertz CT molecular complexity index is 783. The summed E-state index contributed by atoms with van der Waals surface area (Å²) in [6, 6.07) is 11.1. The minimum absolute atomic E-state index is 0. The van der Waals surface area contributed by atoms with E-state index >= 15 is 0 Å². The van der Waals surface area contributed by atoms with E-state index in [0.717, 1.165) is 29.2 Å². The van der Waals surface area contributed by atoms with Crippen LogP contribution in [0.2, 0.25) is 0 Å². The Labute approximate surface area is 205 Å². The van der Waals surface area contributed by atoms with Crippen molar-refractivity contribution in [3.63, 3.8) is 0 Å². The number of benzene rings is 1. The lowest BCUT2D eigenvalue weighted by atomic mass is 10.1. The van der Waals surface area contributed by atoms with Gasteiger partial charge in [0.1, 0.15) is 5.75 Å². The number of halogens is 1. The van der Waals surface area contributed by atoms with Crippen LogP contribution >= 0.6 is 35.3 Å². The first kappa shape index (κ1) is 27.2. The van der Waals surface area contributed by atoms with Crippen LogP contribution in [0.4, 0.5) is 0 Å². The highest BCUT2D eigenvalue weighted by Gasteiger charge is 2.09. The van der Waals surface area contributed by atoms with Gasteiger partial charge in [-0.1, -0.05) is 18.2 Å². The summed E-state index contributed by atoms with van der Waals surface area (Å²) in [7, 11) is 0. The van der Waals surface area contributed by atoms with E-state index in [2.05, 4.69) is 20.9 Å². The van der Waals surface area contributed by atoms with Gasteiger partial charge in [-0.15, -0.1) is 35.3 Å². The zero-order chi connectivity index (χ0) is 21.8. The van der Waals surface area contributed by atoms with Crippen LogP contribution in [-0.2, 0) is 0 Å². The van der Waals surface area contributed by atoms with E-state index in [4.69, 9.17) is 4.74 Å². The van der Waals surface area contributed by atoms with E-state index in [1.54, 1.807) is 0 Å². The summed E-state index contributed by atoms with van der Waals surface area (Å²) < 4.78 is 5.62. The molecule has 172 valence electrons. The molecule has 31 heavy (non-hydrogen) atoms. The summed E-state index contributed by atoms with van der Waals surface area (Å²) in [6.07, 6.45) is 0.184. The molecule has 2 rings (SSSR count). The number of carbonyl (C=O) groups excluding carboxylic acids is 1. The second-order valence-corrected chi connectivity index (χ2v) is 7.93. The molecule has 7 nitrogen and oxygen atoms in total. The Kier molecular flexibility index (Phi) is 13.2. The number of thiophene rings is 1. The molecule has 9 heteroatoms. The van der Waals surface area contributed by atoms with Crippen LogP contribution in [0.1, 0.15) is 48.5 Å². The van der Waals surface area contributed by atoms with Crippen molar-refractivity contribution in [2.45, 2.75) is 39.4 Å². The second-order valence-electron chi connectivity index (χ2n) is 6.98. The standard InChI is InChI=1S/C22H32N4O3S.HI/c1-4-23-22(25-13-6-12-24-21(28)20-7-5-14-30-20)26-15-19(27)17-8-10-18(11-9-17)29-16(2)3;/h5,7-11,14,16,19,27H,4,6,12-13,15H2,1-3H3,(H,24,28)(H2,23,25,26);1H. The maximum absolute atomic E-state index is 11.9. The Morgan fingerprint density at radius 3 is 2.45 bits per heavy atom. The quantitative estimate of drug-likeness (QED) is 0.146. The molecule has 0 saturated heterocycles. The van der Waals surface area contributed by atoms with Crippen molar-refractivity contribution in [3.05, 3.63) is 52.2 Å². The summed E-state index contributed by atoms with van der Waals surface area (Å²) in [4.78, 5) is 17.1. The highest BCUT2D eigenvalue weighted by Crippen LogP contribution is 2.19. The van der Waals surface area contributed by atoms with Crippen molar-refractivity contribution in [2.24, 2.45) is 4.99 Å². The lowest BCUT2D eigenvalue weighted by molar-refractivity contribution is 0.0957. The van der Waals surface area contributed by atoms with E-state index in [1.165, 1.54) is 11.3 Å². The zero-order valence-corrected chi connectivity index (χ0v) is 21.4. The number of carbonyl (C=O) groups is 1. The molecule has 2 aromatic rings. The Hall–Kier alpha value is -1.85. The molecule has 0 aliphatic rings. The van der Waals surface area contributed by atoms with Gasteiger partial charge in [-0.05, 0) is 56.3 Å². The topological polar surface area (TPSA) is 95.0 Å². The maximum Gasteiger partial charge on any atom is 0.261 e. The van der Waals surface area contributed by atoms with Crippen LogP contribution in [0.5, 0.6) is 5.75 Å². The molecule has 1 aromatic carbocycles. The first-order chi connectivity index (χ1) is 14.5. The molecule has 1 heterocycles. The van der Waals surface area contributed by atoms with E-state index in [1.807, 2.05) is 62.5 Å². The average Bonchev–Trinajstić information content (AvgIpc) is 3.26. The van der Waals surface area contributed by atoms with Crippen LogP contribution in [0.25, 0.3) is 0 Å². The smallest absolute Gasteiger partial charge is 0.261 e. The predicted molar refractivity (Wildman–Crippen MR) is 138 cm³/mol. The van der Waals surface area contributed by atoms with Gasteiger partial charge in [-0.3, -0.25) is 9.79 Å². The van der Waals surface area contributed by atoms with Gasteiger partial charge in [0.25, 0.3) is 5.91 Å². The molecule has 0 fully saturated rings. The number of rotatable bonds is 11. The second kappa shape index (κ2) is 15.0. The van der Waals surface area contributed by atoms with Gasteiger partial charge in [0.2, 0.25) is 0 Å². The summed E-state index contributed by atoms with van der Waals surface area (Å²) in [5, 5.41) is 21.6. The van der Waals surface area contributed by atoms with Crippen LogP contribution in [-0.4, -0.2) is 49.3 Å². The largest absolute Gasteiger partial charge is 0.491 e. The fraction of sp³-hybridized carbons (Fsp3) is 0.455. The SMILES string of the molecule is CCNC(=NCC(O)c1ccc(OC(C)C)cc1)NCCCNC(=O)c1cccs1.I. The van der Waals surface area contributed by atoms with E-state index in [0.29, 0.717) is 19.0 Å². The van der Waals surface area contributed by atoms with Crippen LogP contribution < -0.4 is 20.7 Å². The number of hydrogen-bond acceptors (Lipinski definition) is 5. The third-order valence-corrected chi connectivity index (χ3v) is 4.95. The molecule has 0 aliphatic heterocycles. The number of nitrogens with one attached hydrogen (secondary N) is 3. The number of amides is 1. The normalized spacial score (nSPS) is 12.1. The molecule has 1 unspecified atom stereocenters. The van der Waals surface area contributed by atoms with Crippen molar-refractivity contribution in [3.8, 4) is 5.75 Å². The van der Waals surface area contributed by atoms with E-state index in [-0.39, 0.29) is 42.5 Å². The first-order valence-electron chi connectivity index (χ1n) is 10.3. The number of guanidine groups is 1. The average molecular weight is 561 g/mol. The number of ether oxygens (including phenoxy) is 1. The molecule has 0 saturated carbocycles. The lowest BCUT2D eigenvalue weighted by Gasteiger charge is -2.14. The fourth-order valence-corrected chi connectivity index (χ4v) is 3.30. The van der Waals surface area contributed by atoms with Gasteiger partial charge >= 0.3 is 0 Å². The summed E-state index contributed by atoms with van der Waals surface area (Å²) >= 11 is 1.43. The molecule has 0 radical (unpaired) electrons. The molecule has 1 aromatic heterocycles. The summed E-state index contributed by atoms with van der Waals surface area (Å²) in [5.41, 5.74) is 0.794. The third-order valence-electron chi connectivity index (χ3n) is 4.08. The fourth-order valence-electron chi connectivity index (χ4n) is 2.66. The van der Waals surface area contributed by atoms with Crippen LogP contribution in [0.15, 0.2) is 46.8 Å². The molecule has 1 atom stereocenters. The zero-order valence-electron chi connectivity index (χ0n) is 18.3. The van der Waals surface area contributed by atoms with Gasteiger partial charge in [0.05, 0.1) is 23.6 Å². The van der Waals surface area contributed by atoms with Crippen molar-refractivity contribution in [2.75, 3.05) is 26.2 Å². The molecule has 0 bridgehead atoms. The monoisotopic (exact) mass is 560 g/mol. The molecule has 1 amide bonds. The van der Waals surface area contributed by atoms with Crippen molar-refractivity contribution in [1.29, 1.82) is 0 Å². The molecule has 0 spiro atoms. The number of aliphatic hydroxyl groups is 1. The highest BCUT2D eigenvalue weighted by molar-refractivity contribution is 14.0. The van der Waals surface area contributed by atoms with E-state index in [9.17, 15) is 9.90 Å². The van der Waals surface area contributed by atoms with Gasteiger partial charge in [0.15, 0.2) is 5.96 Å². The summed E-state index contributed by atoms with van der Waals surface area (Å²) in [5.74, 6) is 1.38. The first-order valence-corrected chi connectivity index (χ1v) is 11.2. The number of aliphatic hydroxyl groups excluding tert-OH is 1. The Balaban J connectivity index is 0.00000480. The van der Waals surface area contributed by atoms with Gasteiger partial charge in [-0.25, -0.2) is 0 Å². The minimum atomic E-state index is -0.696. The van der Waals surface area contributed by atoms with Crippen molar-refractivity contribution < 1.29 is 14.6 Å². The summed E-state index contributed by atoms with van der Waals surface area (Å²) in [6.45, 7) is 8.15. The molecular weight excluding hydrogens is 527 g/mol. The number of nitrogens with zero attached hydrogens (tertiary/aromatic N) is 1. The van der Waals surface area contributed by atoms with Crippen molar-refractivity contribution >= 4 is 47.2 Å². The van der Waals surface area contributed by atoms with Crippen molar-refractivity contribution in [1.82, 2.24) is 16.0 Å². The van der Waals surface area contributed by atoms with Crippen LogP contribution in [0.3, 0.4) is 0 Å². The van der Waals surface area contributed by atoms with Gasteiger partial charge in [-0.2, -0.15) is 0 Å².